The Hall–Kier alpha value is -3.20. The van der Waals surface area contributed by atoms with E-state index >= 15 is 0 Å². The summed E-state index contributed by atoms with van der Waals surface area (Å²) in [7, 11) is -4.20. The summed E-state index contributed by atoms with van der Waals surface area (Å²) in [6.07, 6.45) is 0.367. The number of nitrogens with one attached hydrogen (secondary N) is 1. The molecular formula is C23H27N3O5S. The summed E-state index contributed by atoms with van der Waals surface area (Å²) in [5.74, 6) is -1.38. The average Bonchev–Trinajstić information content (AvgIpc) is 2.82. The molecule has 3 rings (SSSR count). The van der Waals surface area contributed by atoms with Crippen molar-refractivity contribution in [3.63, 3.8) is 0 Å². The van der Waals surface area contributed by atoms with Crippen molar-refractivity contribution < 1.29 is 22.8 Å². The molecule has 0 spiro atoms. The van der Waals surface area contributed by atoms with Crippen LogP contribution in [0.25, 0.3) is 0 Å². The lowest BCUT2D eigenvalue weighted by atomic mass is 10.1. The topological polar surface area (TPSA) is 104 Å². The molecule has 0 radical (unpaired) electrons. The molecule has 1 fully saturated rings. The first-order valence-electron chi connectivity index (χ1n) is 10.5. The van der Waals surface area contributed by atoms with Crippen LogP contribution in [0.15, 0.2) is 59.5 Å². The third-order valence-corrected chi connectivity index (χ3v) is 7.30. The number of carbonyl (C=O) groups excluding carboxylic acids is 3. The number of rotatable bonds is 6. The van der Waals surface area contributed by atoms with Crippen LogP contribution >= 0.6 is 0 Å². The SMILES string of the molecule is CCC(=O)N1CCN(C(=O)C(NC(=O)c2ccc(C)cc2)S(=O)(=O)c2ccccc2)CC1. The van der Waals surface area contributed by atoms with E-state index in [0.717, 1.165) is 5.56 Å². The molecule has 0 aromatic heterocycles. The second kappa shape index (κ2) is 9.95. The summed E-state index contributed by atoms with van der Waals surface area (Å²) in [5, 5.41) is 0.664. The van der Waals surface area contributed by atoms with E-state index in [1.165, 1.54) is 17.0 Å². The summed E-state index contributed by atoms with van der Waals surface area (Å²) in [5.41, 5.74) is 1.21. The first kappa shape index (κ1) is 23.5. The minimum atomic E-state index is -4.20. The Bertz CT molecular complexity index is 1080. The number of nitrogens with zero attached hydrogens (tertiary/aromatic N) is 2. The number of benzene rings is 2. The molecule has 1 aliphatic heterocycles. The lowest BCUT2D eigenvalue weighted by molar-refractivity contribution is -0.139. The maximum atomic E-state index is 13.3. The highest BCUT2D eigenvalue weighted by Gasteiger charge is 2.39. The van der Waals surface area contributed by atoms with Crippen LogP contribution in [0.4, 0.5) is 0 Å². The number of aryl methyl sites for hydroxylation is 1. The van der Waals surface area contributed by atoms with Crippen LogP contribution in [0, 0.1) is 6.92 Å². The van der Waals surface area contributed by atoms with Crippen molar-refractivity contribution in [2.24, 2.45) is 0 Å². The van der Waals surface area contributed by atoms with Crippen molar-refractivity contribution in [2.75, 3.05) is 26.2 Å². The molecule has 2 aromatic rings. The van der Waals surface area contributed by atoms with Crippen molar-refractivity contribution in [1.29, 1.82) is 0 Å². The van der Waals surface area contributed by atoms with Gasteiger partial charge in [-0.15, -0.1) is 0 Å². The first-order valence-corrected chi connectivity index (χ1v) is 12.0. The molecule has 8 nitrogen and oxygen atoms in total. The Morgan fingerprint density at radius 3 is 2.03 bits per heavy atom. The van der Waals surface area contributed by atoms with Crippen LogP contribution in [-0.2, 0) is 19.4 Å². The van der Waals surface area contributed by atoms with Gasteiger partial charge in [0.25, 0.3) is 11.8 Å². The van der Waals surface area contributed by atoms with Gasteiger partial charge in [-0.05, 0) is 31.2 Å². The molecule has 2 aromatic carbocycles. The first-order chi connectivity index (χ1) is 15.2. The van der Waals surface area contributed by atoms with E-state index in [1.807, 2.05) is 6.92 Å². The molecule has 1 unspecified atom stereocenters. The number of hydrogen-bond donors (Lipinski definition) is 1. The van der Waals surface area contributed by atoms with Gasteiger partial charge >= 0.3 is 0 Å². The second-order valence-electron chi connectivity index (χ2n) is 7.64. The number of carbonyl (C=O) groups is 3. The maximum Gasteiger partial charge on any atom is 0.261 e. The van der Waals surface area contributed by atoms with Crippen LogP contribution in [-0.4, -0.2) is 67.5 Å². The molecule has 1 atom stereocenters. The Labute approximate surface area is 188 Å². The summed E-state index contributed by atoms with van der Waals surface area (Å²) in [6, 6.07) is 14.2. The van der Waals surface area contributed by atoms with Crippen molar-refractivity contribution in [2.45, 2.75) is 30.5 Å². The zero-order chi connectivity index (χ0) is 23.3. The van der Waals surface area contributed by atoms with Gasteiger partial charge in [-0.2, -0.15) is 0 Å². The second-order valence-corrected chi connectivity index (χ2v) is 9.67. The highest BCUT2D eigenvalue weighted by molar-refractivity contribution is 7.92. The van der Waals surface area contributed by atoms with E-state index < -0.39 is 27.0 Å². The van der Waals surface area contributed by atoms with Crippen LogP contribution in [0.2, 0.25) is 0 Å². The molecule has 32 heavy (non-hydrogen) atoms. The molecule has 1 heterocycles. The predicted molar refractivity (Wildman–Crippen MR) is 120 cm³/mol. The quantitative estimate of drug-likeness (QED) is 0.710. The van der Waals surface area contributed by atoms with Gasteiger partial charge in [0.2, 0.25) is 21.1 Å². The highest BCUT2D eigenvalue weighted by atomic mass is 32.2. The Kier molecular flexibility index (Phi) is 7.29. The molecule has 0 saturated carbocycles. The normalized spacial score (nSPS) is 15.2. The van der Waals surface area contributed by atoms with Gasteiger partial charge in [0.1, 0.15) is 0 Å². The van der Waals surface area contributed by atoms with Crippen LogP contribution < -0.4 is 5.32 Å². The maximum absolute atomic E-state index is 13.3. The molecular weight excluding hydrogens is 430 g/mol. The van der Waals surface area contributed by atoms with Gasteiger partial charge in [0.15, 0.2) is 0 Å². The van der Waals surface area contributed by atoms with Gasteiger partial charge in [0, 0.05) is 38.2 Å². The van der Waals surface area contributed by atoms with Crippen LogP contribution in [0.1, 0.15) is 29.3 Å². The zero-order valence-corrected chi connectivity index (χ0v) is 19.0. The lowest BCUT2D eigenvalue weighted by Crippen LogP contribution is -2.57. The Morgan fingerprint density at radius 1 is 0.906 bits per heavy atom. The zero-order valence-electron chi connectivity index (χ0n) is 18.2. The lowest BCUT2D eigenvalue weighted by Gasteiger charge is -2.36. The monoisotopic (exact) mass is 457 g/mol. The fourth-order valence-corrected chi connectivity index (χ4v) is 4.98. The van der Waals surface area contributed by atoms with Crippen molar-refractivity contribution in [3.05, 3.63) is 65.7 Å². The van der Waals surface area contributed by atoms with Gasteiger partial charge < -0.3 is 15.1 Å². The molecule has 170 valence electrons. The van der Waals surface area contributed by atoms with Gasteiger partial charge in [-0.1, -0.05) is 42.8 Å². The van der Waals surface area contributed by atoms with E-state index in [1.54, 1.807) is 54.3 Å². The minimum Gasteiger partial charge on any atom is -0.339 e. The Balaban J connectivity index is 1.87. The summed E-state index contributed by atoms with van der Waals surface area (Å²) < 4.78 is 26.7. The summed E-state index contributed by atoms with van der Waals surface area (Å²) in [6.45, 7) is 4.68. The van der Waals surface area contributed by atoms with Gasteiger partial charge in [-0.25, -0.2) is 8.42 Å². The third-order valence-electron chi connectivity index (χ3n) is 5.43. The molecule has 1 saturated heterocycles. The highest BCUT2D eigenvalue weighted by Crippen LogP contribution is 2.18. The molecule has 1 aliphatic rings. The molecule has 1 N–H and O–H groups in total. The van der Waals surface area contributed by atoms with Gasteiger partial charge in [0.05, 0.1) is 4.90 Å². The van der Waals surface area contributed by atoms with E-state index in [4.69, 9.17) is 0 Å². The summed E-state index contributed by atoms with van der Waals surface area (Å²) in [4.78, 5) is 41.0. The number of piperazine rings is 1. The molecule has 0 aliphatic carbocycles. The number of sulfone groups is 1. The number of hydrogen-bond acceptors (Lipinski definition) is 5. The van der Waals surface area contributed by atoms with Crippen molar-refractivity contribution in [3.8, 4) is 0 Å². The van der Waals surface area contributed by atoms with Crippen LogP contribution in [0.3, 0.4) is 0 Å². The van der Waals surface area contributed by atoms with Crippen molar-refractivity contribution >= 4 is 27.6 Å². The minimum absolute atomic E-state index is 0.0155. The standard InChI is InChI=1S/C23H27N3O5S/c1-3-20(27)25-13-15-26(16-14-25)23(29)22(32(30,31)19-7-5-4-6-8-19)24-21(28)18-11-9-17(2)10-12-18/h4-12,22H,3,13-16H2,1-2H3,(H,24,28). The molecule has 9 heteroatoms. The Morgan fingerprint density at radius 2 is 1.47 bits per heavy atom. The largest absolute Gasteiger partial charge is 0.339 e. The average molecular weight is 458 g/mol. The number of amides is 3. The fraction of sp³-hybridized carbons (Fsp3) is 0.348. The fourth-order valence-electron chi connectivity index (χ4n) is 3.49. The molecule has 0 bridgehead atoms. The van der Waals surface area contributed by atoms with Crippen molar-refractivity contribution in [1.82, 2.24) is 15.1 Å². The van der Waals surface area contributed by atoms with E-state index in [0.29, 0.717) is 19.5 Å². The predicted octanol–water partition coefficient (Wildman–Crippen LogP) is 1.61. The van der Waals surface area contributed by atoms with E-state index in [9.17, 15) is 22.8 Å². The summed E-state index contributed by atoms with van der Waals surface area (Å²) >= 11 is 0. The van der Waals surface area contributed by atoms with E-state index in [2.05, 4.69) is 5.32 Å². The smallest absolute Gasteiger partial charge is 0.261 e. The molecule has 3 amide bonds. The van der Waals surface area contributed by atoms with Gasteiger partial charge in [-0.3, -0.25) is 14.4 Å². The van der Waals surface area contributed by atoms with Crippen LogP contribution in [0.5, 0.6) is 0 Å². The third kappa shape index (κ3) is 5.16. The van der Waals surface area contributed by atoms with E-state index in [-0.39, 0.29) is 29.5 Å².